The number of phenolic OH excluding ortho intramolecular Hbond substituents is 1. The molecule has 0 amide bonds. The lowest BCUT2D eigenvalue weighted by molar-refractivity contribution is 0.288. The van der Waals surface area contributed by atoms with Crippen molar-refractivity contribution in [2.75, 3.05) is 0 Å². The van der Waals surface area contributed by atoms with Crippen LogP contribution in [0.3, 0.4) is 0 Å². The van der Waals surface area contributed by atoms with Crippen LogP contribution in [0.25, 0.3) is 11.3 Å². The highest BCUT2D eigenvalue weighted by Gasteiger charge is 2.22. The third-order valence-corrected chi connectivity index (χ3v) is 4.57. The number of aromatic hydroxyl groups is 1. The van der Waals surface area contributed by atoms with Crippen LogP contribution in [0.15, 0.2) is 54.6 Å². The molecule has 3 nitrogen and oxygen atoms in total. The Morgan fingerprint density at radius 3 is 2.58 bits per heavy atom. The van der Waals surface area contributed by atoms with Gasteiger partial charge in [0.05, 0.1) is 0 Å². The molecule has 0 aromatic heterocycles. The molecule has 0 bridgehead atoms. The van der Waals surface area contributed by atoms with Crippen molar-refractivity contribution >= 4 is 11.3 Å². The van der Waals surface area contributed by atoms with Crippen LogP contribution >= 0.6 is 0 Å². The van der Waals surface area contributed by atoms with Crippen molar-refractivity contribution in [1.82, 2.24) is 0 Å². The minimum absolute atomic E-state index is 0.288. The fourth-order valence-electron chi connectivity index (χ4n) is 3.33. The molecular weight excluding hydrogens is 298 g/mol. The fourth-order valence-corrected chi connectivity index (χ4v) is 3.33. The van der Waals surface area contributed by atoms with E-state index < -0.39 is 0 Å². The number of rotatable bonds is 4. The van der Waals surface area contributed by atoms with Gasteiger partial charge in [-0.05, 0) is 53.7 Å². The number of phenols is 1. The van der Waals surface area contributed by atoms with Gasteiger partial charge in [0.15, 0.2) is 5.76 Å². The molecule has 0 saturated carbocycles. The molecular formula is C21H23NO2. The van der Waals surface area contributed by atoms with Gasteiger partial charge in [0, 0.05) is 11.1 Å². The number of fused-ring (bicyclic) bond motifs is 1. The Morgan fingerprint density at radius 2 is 1.92 bits per heavy atom. The largest absolute Gasteiger partial charge is 0.508 e. The van der Waals surface area contributed by atoms with Crippen molar-refractivity contribution in [2.24, 2.45) is 5.90 Å². The lowest BCUT2D eigenvalue weighted by Gasteiger charge is -2.23. The molecule has 24 heavy (non-hydrogen) atoms. The molecule has 124 valence electrons. The van der Waals surface area contributed by atoms with E-state index in [0.29, 0.717) is 5.76 Å². The minimum atomic E-state index is 0.288. The fraction of sp³-hybridized carbons (Fsp3) is 0.238. The van der Waals surface area contributed by atoms with Crippen LogP contribution in [0, 0.1) is 0 Å². The van der Waals surface area contributed by atoms with E-state index in [1.54, 1.807) is 12.1 Å². The van der Waals surface area contributed by atoms with E-state index in [4.69, 9.17) is 10.7 Å². The maximum atomic E-state index is 9.66. The van der Waals surface area contributed by atoms with Gasteiger partial charge in [-0.3, -0.25) is 0 Å². The van der Waals surface area contributed by atoms with Crippen LogP contribution in [0.1, 0.15) is 42.0 Å². The molecule has 0 fully saturated rings. The number of benzene rings is 2. The Bertz CT molecular complexity index is 788. The molecule has 0 unspecified atom stereocenters. The molecule has 2 aromatic rings. The van der Waals surface area contributed by atoms with Gasteiger partial charge in [0.1, 0.15) is 5.75 Å². The maximum absolute atomic E-state index is 9.66. The lowest BCUT2D eigenvalue weighted by atomic mass is 9.83. The normalized spacial score (nSPS) is 15.8. The third-order valence-electron chi connectivity index (χ3n) is 4.57. The van der Waals surface area contributed by atoms with Crippen molar-refractivity contribution in [1.29, 1.82) is 0 Å². The summed E-state index contributed by atoms with van der Waals surface area (Å²) in [5, 5.41) is 9.66. The summed E-state index contributed by atoms with van der Waals surface area (Å²) in [6, 6.07) is 13.8. The zero-order valence-corrected chi connectivity index (χ0v) is 14.0. The van der Waals surface area contributed by atoms with E-state index in [0.717, 1.165) is 53.5 Å². The topological polar surface area (TPSA) is 55.5 Å². The van der Waals surface area contributed by atoms with Crippen molar-refractivity contribution in [3.8, 4) is 5.75 Å². The number of allylic oxidation sites excluding steroid dienone is 2. The van der Waals surface area contributed by atoms with Crippen LogP contribution in [0.4, 0.5) is 0 Å². The predicted octanol–water partition coefficient (Wildman–Crippen LogP) is 4.61. The van der Waals surface area contributed by atoms with Crippen LogP contribution in [-0.2, 0) is 17.7 Å². The molecule has 0 atom stereocenters. The molecule has 0 radical (unpaired) electrons. The molecule has 0 spiro atoms. The van der Waals surface area contributed by atoms with Gasteiger partial charge in [0.25, 0.3) is 0 Å². The summed E-state index contributed by atoms with van der Waals surface area (Å²) in [6.07, 6.45) is 3.82. The second kappa shape index (κ2) is 6.93. The minimum Gasteiger partial charge on any atom is -0.508 e. The van der Waals surface area contributed by atoms with Crippen molar-refractivity contribution < 1.29 is 9.94 Å². The summed E-state index contributed by atoms with van der Waals surface area (Å²) in [6.45, 7) is 6.41. The summed E-state index contributed by atoms with van der Waals surface area (Å²) < 4.78 is 0. The SMILES string of the molecule is C=C1/C(=C(\ON)c2ccc(CCC)cc2)CCc2cc(O)ccc21. The predicted molar refractivity (Wildman–Crippen MR) is 98.1 cm³/mol. The lowest BCUT2D eigenvalue weighted by Crippen LogP contribution is -2.10. The average Bonchev–Trinajstić information content (AvgIpc) is 2.59. The summed E-state index contributed by atoms with van der Waals surface area (Å²) in [5.74, 6) is 6.57. The Hall–Kier alpha value is -2.52. The third kappa shape index (κ3) is 3.08. The Kier molecular flexibility index (Phi) is 4.72. The number of nitrogens with two attached hydrogens (primary N) is 1. The standard InChI is InChI=1S/C21H23NO2/c1-3-4-15-5-7-16(8-6-15)21(24-22)20-11-9-17-13-18(23)10-12-19(17)14(20)2/h5-8,10,12-13,23H,2-4,9,11,22H2,1H3/b21-20-. The van der Waals surface area contributed by atoms with Crippen LogP contribution in [-0.4, -0.2) is 5.11 Å². The Balaban J connectivity index is 1.99. The van der Waals surface area contributed by atoms with Gasteiger partial charge in [-0.25, -0.2) is 0 Å². The van der Waals surface area contributed by atoms with Gasteiger partial charge in [0.2, 0.25) is 0 Å². The summed E-state index contributed by atoms with van der Waals surface area (Å²) >= 11 is 0. The zero-order valence-electron chi connectivity index (χ0n) is 14.0. The second-order valence-electron chi connectivity index (χ2n) is 6.19. The van der Waals surface area contributed by atoms with E-state index in [-0.39, 0.29) is 5.75 Å². The second-order valence-corrected chi connectivity index (χ2v) is 6.19. The average molecular weight is 321 g/mol. The summed E-state index contributed by atoms with van der Waals surface area (Å²) in [4.78, 5) is 5.25. The van der Waals surface area contributed by atoms with Gasteiger partial charge in [-0.1, -0.05) is 50.3 Å². The Morgan fingerprint density at radius 1 is 1.17 bits per heavy atom. The molecule has 0 aliphatic heterocycles. The van der Waals surface area contributed by atoms with Crippen LogP contribution in [0.5, 0.6) is 5.75 Å². The molecule has 1 aliphatic rings. The molecule has 0 saturated heterocycles. The maximum Gasteiger partial charge on any atom is 0.157 e. The van der Waals surface area contributed by atoms with E-state index in [9.17, 15) is 5.11 Å². The first-order valence-electron chi connectivity index (χ1n) is 8.34. The van der Waals surface area contributed by atoms with Gasteiger partial charge in [-0.2, -0.15) is 5.90 Å². The van der Waals surface area contributed by atoms with Gasteiger partial charge >= 0.3 is 0 Å². The quantitative estimate of drug-likeness (QED) is 0.639. The van der Waals surface area contributed by atoms with Crippen molar-refractivity contribution in [3.63, 3.8) is 0 Å². The molecule has 3 heteroatoms. The highest BCUT2D eigenvalue weighted by atomic mass is 16.6. The molecule has 3 rings (SSSR count). The van der Waals surface area contributed by atoms with E-state index in [1.165, 1.54) is 5.56 Å². The highest BCUT2D eigenvalue weighted by Crippen LogP contribution is 2.39. The highest BCUT2D eigenvalue weighted by molar-refractivity contribution is 5.89. The first-order chi connectivity index (χ1) is 11.6. The monoisotopic (exact) mass is 321 g/mol. The van der Waals surface area contributed by atoms with E-state index in [2.05, 4.69) is 37.8 Å². The molecule has 1 aliphatic carbocycles. The molecule has 2 aromatic carbocycles. The van der Waals surface area contributed by atoms with E-state index >= 15 is 0 Å². The Labute approximate surface area is 143 Å². The smallest absolute Gasteiger partial charge is 0.157 e. The van der Waals surface area contributed by atoms with Gasteiger partial charge < -0.3 is 9.94 Å². The summed E-state index contributed by atoms with van der Waals surface area (Å²) in [5.41, 5.74) is 6.37. The van der Waals surface area contributed by atoms with Gasteiger partial charge in [-0.15, -0.1) is 0 Å². The van der Waals surface area contributed by atoms with E-state index in [1.807, 2.05) is 6.07 Å². The number of aryl methyl sites for hydroxylation is 2. The van der Waals surface area contributed by atoms with Crippen molar-refractivity contribution in [3.05, 3.63) is 76.9 Å². The summed E-state index contributed by atoms with van der Waals surface area (Å²) in [7, 11) is 0. The number of hydrogen-bond donors (Lipinski definition) is 2. The first kappa shape index (κ1) is 16.3. The zero-order chi connectivity index (χ0) is 17.1. The molecule has 3 N–H and O–H groups in total. The van der Waals surface area contributed by atoms with Crippen LogP contribution in [0.2, 0.25) is 0 Å². The van der Waals surface area contributed by atoms with Crippen molar-refractivity contribution in [2.45, 2.75) is 32.6 Å². The molecule has 0 heterocycles. The van der Waals surface area contributed by atoms with Crippen LogP contribution < -0.4 is 5.90 Å². The first-order valence-corrected chi connectivity index (χ1v) is 8.34. The number of hydrogen-bond acceptors (Lipinski definition) is 3.